The number of hydrogen-bond acceptors (Lipinski definition) is 3. The number of hydrogen-bond donors (Lipinski definition) is 2. The summed E-state index contributed by atoms with van der Waals surface area (Å²) in [5.74, 6) is 0. The molecule has 1 aromatic carbocycles. The van der Waals surface area contributed by atoms with Gasteiger partial charge in [-0.1, -0.05) is 11.6 Å². The summed E-state index contributed by atoms with van der Waals surface area (Å²) in [6, 6.07) is 6.37. The van der Waals surface area contributed by atoms with E-state index in [0.717, 1.165) is 0 Å². The van der Waals surface area contributed by atoms with E-state index in [9.17, 15) is 8.42 Å². The molecular formula is C11H12ClN3O2S. The van der Waals surface area contributed by atoms with Crippen molar-refractivity contribution in [1.29, 1.82) is 0 Å². The number of aromatic amines is 1. The van der Waals surface area contributed by atoms with Crippen LogP contribution >= 0.6 is 11.6 Å². The number of nitrogens with zero attached hydrogens (tertiary/aromatic N) is 1. The molecule has 0 aliphatic rings. The minimum atomic E-state index is -3.54. The number of sulfonamides is 1. The van der Waals surface area contributed by atoms with Crippen molar-refractivity contribution in [2.24, 2.45) is 0 Å². The zero-order valence-electron chi connectivity index (χ0n) is 9.64. The van der Waals surface area contributed by atoms with Crippen molar-refractivity contribution in [2.45, 2.75) is 18.4 Å². The van der Waals surface area contributed by atoms with Crippen LogP contribution < -0.4 is 4.72 Å². The van der Waals surface area contributed by atoms with Crippen LogP contribution in [-0.4, -0.2) is 18.6 Å². The third-order valence-electron chi connectivity index (χ3n) is 2.44. The van der Waals surface area contributed by atoms with E-state index >= 15 is 0 Å². The van der Waals surface area contributed by atoms with Gasteiger partial charge in [0.05, 0.1) is 17.1 Å². The van der Waals surface area contributed by atoms with Gasteiger partial charge in [0.2, 0.25) is 10.0 Å². The molecule has 0 aliphatic carbocycles. The zero-order valence-corrected chi connectivity index (χ0v) is 11.2. The van der Waals surface area contributed by atoms with Gasteiger partial charge >= 0.3 is 0 Å². The summed E-state index contributed by atoms with van der Waals surface area (Å²) in [5.41, 5.74) is 1.31. The number of rotatable bonds is 4. The normalized spacial score (nSPS) is 11.7. The molecule has 96 valence electrons. The Balaban J connectivity index is 2.20. The lowest BCUT2D eigenvalue weighted by Crippen LogP contribution is -2.24. The summed E-state index contributed by atoms with van der Waals surface area (Å²) in [7, 11) is -3.54. The largest absolute Gasteiger partial charge is 0.281 e. The molecule has 0 saturated heterocycles. The maximum atomic E-state index is 12.1. The Morgan fingerprint density at radius 3 is 2.78 bits per heavy atom. The van der Waals surface area contributed by atoms with E-state index < -0.39 is 10.0 Å². The van der Waals surface area contributed by atoms with Crippen molar-refractivity contribution in [3.8, 4) is 0 Å². The van der Waals surface area contributed by atoms with Gasteiger partial charge in [-0.05, 0) is 36.8 Å². The highest BCUT2D eigenvalue weighted by molar-refractivity contribution is 7.89. The van der Waals surface area contributed by atoms with Crippen LogP contribution in [0.25, 0.3) is 0 Å². The second kappa shape index (κ2) is 5.09. The molecule has 0 saturated carbocycles. The Labute approximate surface area is 110 Å². The van der Waals surface area contributed by atoms with Gasteiger partial charge in [-0.3, -0.25) is 5.10 Å². The van der Waals surface area contributed by atoms with E-state index in [1.54, 1.807) is 31.3 Å². The van der Waals surface area contributed by atoms with E-state index in [1.807, 2.05) is 0 Å². The molecule has 1 heterocycles. The van der Waals surface area contributed by atoms with Crippen molar-refractivity contribution >= 4 is 21.6 Å². The Hall–Kier alpha value is -1.37. The molecule has 7 heteroatoms. The molecule has 0 spiro atoms. The van der Waals surface area contributed by atoms with E-state index in [-0.39, 0.29) is 11.4 Å². The second-order valence-electron chi connectivity index (χ2n) is 3.82. The van der Waals surface area contributed by atoms with Gasteiger partial charge in [-0.25, -0.2) is 13.1 Å². The fraction of sp³-hybridized carbons (Fsp3) is 0.182. The van der Waals surface area contributed by atoms with E-state index in [4.69, 9.17) is 11.6 Å². The first-order valence-corrected chi connectivity index (χ1v) is 7.09. The molecule has 0 unspecified atom stereocenters. The highest BCUT2D eigenvalue weighted by atomic mass is 35.5. The molecule has 2 N–H and O–H groups in total. The van der Waals surface area contributed by atoms with Crippen molar-refractivity contribution in [2.75, 3.05) is 0 Å². The van der Waals surface area contributed by atoms with Crippen molar-refractivity contribution in [3.05, 3.63) is 46.7 Å². The minimum absolute atomic E-state index is 0.171. The predicted octanol–water partition coefficient (Wildman–Crippen LogP) is 1.85. The molecule has 0 aliphatic heterocycles. The molecule has 0 radical (unpaired) electrons. The van der Waals surface area contributed by atoms with E-state index in [1.165, 1.54) is 6.07 Å². The predicted molar refractivity (Wildman–Crippen MR) is 68.8 cm³/mol. The minimum Gasteiger partial charge on any atom is -0.281 e. The average Bonchev–Trinajstić information content (AvgIpc) is 2.78. The number of nitrogens with one attached hydrogen (secondary N) is 2. The highest BCUT2D eigenvalue weighted by Gasteiger charge is 2.16. The number of benzene rings is 1. The van der Waals surface area contributed by atoms with Crippen LogP contribution in [-0.2, 0) is 16.6 Å². The monoisotopic (exact) mass is 285 g/mol. The van der Waals surface area contributed by atoms with Gasteiger partial charge in [0.15, 0.2) is 0 Å². The summed E-state index contributed by atoms with van der Waals surface area (Å²) < 4.78 is 26.6. The lowest BCUT2D eigenvalue weighted by molar-refractivity contribution is 0.579. The van der Waals surface area contributed by atoms with E-state index in [0.29, 0.717) is 16.3 Å². The number of halogens is 1. The van der Waals surface area contributed by atoms with Gasteiger partial charge in [-0.15, -0.1) is 0 Å². The lowest BCUT2D eigenvalue weighted by atomic mass is 10.2. The second-order valence-corrected chi connectivity index (χ2v) is 5.99. The Morgan fingerprint density at radius 2 is 2.17 bits per heavy atom. The third-order valence-corrected chi connectivity index (χ3v) is 4.23. The average molecular weight is 286 g/mol. The number of aryl methyl sites for hydroxylation is 1. The van der Waals surface area contributed by atoms with Crippen LogP contribution in [0, 0.1) is 6.92 Å². The molecule has 0 bridgehead atoms. The molecule has 18 heavy (non-hydrogen) atoms. The van der Waals surface area contributed by atoms with Gasteiger partial charge in [0, 0.05) is 11.2 Å². The quantitative estimate of drug-likeness (QED) is 0.900. The fourth-order valence-electron chi connectivity index (χ4n) is 1.55. The molecule has 1 aromatic heterocycles. The van der Waals surface area contributed by atoms with Gasteiger partial charge < -0.3 is 0 Å². The molecule has 5 nitrogen and oxygen atoms in total. The topological polar surface area (TPSA) is 74.8 Å². The van der Waals surface area contributed by atoms with Crippen molar-refractivity contribution < 1.29 is 8.42 Å². The molecule has 2 rings (SSSR count). The first-order chi connectivity index (χ1) is 8.49. The summed E-state index contributed by atoms with van der Waals surface area (Å²) >= 11 is 5.80. The number of H-pyrrole nitrogens is 1. The van der Waals surface area contributed by atoms with Crippen LogP contribution in [0.3, 0.4) is 0 Å². The molecular weight excluding hydrogens is 274 g/mol. The van der Waals surface area contributed by atoms with Crippen LogP contribution in [0.15, 0.2) is 35.4 Å². The highest BCUT2D eigenvalue weighted by Crippen LogP contribution is 2.19. The lowest BCUT2D eigenvalue weighted by Gasteiger charge is -2.08. The smallest absolute Gasteiger partial charge is 0.241 e. The first-order valence-electron chi connectivity index (χ1n) is 5.23. The first kappa shape index (κ1) is 13.1. The van der Waals surface area contributed by atoms with Gasteiger partial charge in [0.1, 0.15) is 0 Å². The fourth-order valence-corrected chi connectivity index (χ4v) is 3.01. The Bertz CT molecular complexity index is 638. The molecule has 0 amide bonds. The van der Waals surface area contributed by atoms with Gasteiger partial charge in [0.25, 0.3) is 0 Å². The molecule has 0 fully saturated rings. The van der Waals surface area contributed by atoms with Crippen LogP contribution in [0.2, 0.25) is 5.02 Å². The maximum absolute atomic E-state index is 12.1. The summed E-state index contributed by atoms with van der Waals surface area (Å²) in [6.45, 7) is 1.88. The van der Waals surface area contributed by atoms with Crippen LogP contribution in [0.1, 0.15) is 11.3 Å². The van der Waals surface area contributed by atoms with E-state index in [2.05, 4.69) is 14.9 Å². The van der Waals surface area contributed by atoms with Crippen molar-refractivity contribution in [3.63, 3.8) is 0 Å². The molecule has 2 aromatic rings. The summed E-state index contributed by atoms with van der Waals surface area (Å²) in [6.07, 6.45) is 1.57. The Kier molecular flexibility index (Phi) is 3.70. The van der Waals surface area contributed by atoms with Crippen molar-refractivity contribution in [1.82, 2.24) is 14.9 Å². The van der Waals surface area contributed by atoms with Crippen LogP contribution in [0.5, 0.6) is 0 Å². The maximum Gasteiger partial charge on any atom is 0.241 e. The standard InChI is InChI=1S/C11H12ClN3O2S/c1-8-6-9(12)2-3-11(8)18(16,17)14-7-10-4-5-13-15-10/h2-6,14H,7H2,1H3,(H,13,15). The van der Waals surface area contributed by atoms with Crippen LogP contribution in [0.4, 0.5) is 0 Å². The summed E-state index contributed by atoms with van der Waals surface area (Å²) in [4.78, 5) is 0.228. The third kappa shape index (κ3) is 2.90. The SMILES string of the molecule is Cc1cc(Cl)ccc1S(=O)(=O)NCc1ccn[nH]1. The summed E-state index contributed by atoms with van der Waals surface area (Å²) in [5, 5.41) is 6.95. The van der Waals surface area contributed by atoms with Gasteiger partial charge in [-0.2, -0.15) is 5.10 Å². The number of aromatic nitrogens is 2. The zero-order chi connectivity index (χ0) is 13.2. The molecule has 0 atom stereocenters. The Morgan fingerprint density at radius 1 is 1.39 bits per heavy atom.